The Morgan fingerprint density at radius 2 is 1.96 bits per heavy atom. The summed E-state index contributed by atoms with van der Waals surface area (Å²) < 4.78 is 14.9. The van der Waals surface area contributed by atoms with Crippen LogP contribution in [0.15, 0.2) is 17.7 Å². The second-order valence-corrected chi connectivity index (χ2v) is 4.44. The molecule has 0 aliphatic heterocycles. The minimum Gasteiger partial charge on any atom is -0.493 e. The maximum atomic E-state index is 11.9. The van der Waals surface area contributed by atoms with Crippen molar-refractivity contribution >= 4 is 17.7 Å². The Labute approximate surface area is 138 Å². The summed E-state index contributed by atoms with van der Waals surface area (Å²) in [5, 5.41) is 22.8. The van der Waals surface area contributed by atoms with Crippen molar-refractivity contribution < 1.29 is 23.9 Å². The van der Waals surface area contributed by atoms with Gasteiger partial charge < -0.3 is 19.5 Å². The van der Waals surface area contributed by atoms with Gasteiger partial charge in [0.2, 0.25) is 0 Å². The van der Waals surface area contributed by atoms with E-state index < -0.39 is 10.8 Å². The number of hydrogen-bond acceptors (Lipinski definition) is 7. The summed E-state index contributed by atoms with van der Waals surface area (Å²) in [6.07, 6.45) is 1.13. The van der Waals surface area contributed by atoms with Gasteiger partial charge in [-0.05, 0) is 12.1 Å². The van der Waals surface area contributed by atoms with Gasteiger partial charge in [0.25, 0.3) is 11.6 Å². The Morgan fingerprint density at radius 3 is 2.46 bits per heavy atom. The molecule has 1 aromatic carbocycles. The molecule has 0 aromatic heterocycles. The van der Waals surface area contributed by atoms with Crippen molar-refractivity contribution in [3.8, 4) is 17.6 Å². The van der Waals surface area contributed by atoms with Crippen molar-refractivity contribution in [3.63, 3.8) is 0 Å². The number of nitriles is 1. The Hall–Kier alpha value is -3.12. The van der Waals surface area contributed by atoms with Gasteiger partial charge >= 0.3 is 0 Å². The number of carbonyl (C=O) groups is 1. The first-order chi connectivity index (χ1) is 11.5. The third-order valence-electron chi connectivity index (χ3n) is 2.99. The predicted octanol–water partition coefficient (Wildman–Crippen LogP) is 1.28. The van der Waals surface area contributed by atoms with E-state index in [1.54, 1.807) is 6.07 Å². The van der Waals surface area contributed by atoms with E-state index in [-0.39, 0.29) is 41.5 Å². The van der Waals surface area contributed by atoms with Crippen LogP contribution in [0, 0.1) is 21.4 Å². The highest BCUT2D eigenvalue weighted by molar-refractivity contribution is 6.02. The van der Waals surface area contributed by atoms with Crippen molar-refractivity contribution in [2.24, 2.45) is 0 Å². The first kappa shape index (κ1) is 18.9. The van der Waals surface area contributed by atoms with Crippen molar-refractivity contribution in [1.82, 2.24) is 5.32 Å². The lowest BCUT2D eigenvalue weighted by atomic mass is 10.1. The SMILES string of the molecule is COCCNC(=O)/C(C#N)=C/c1cc(OC)c(OC)cc1[N+](=O)[O-]. The Balaban J connectivity index is 3.29. The van der Waals surface area contributed by atoms with Crippen LogP contribution in [0.5, 0.6) is 11.5 Å². The number of benzene rings is 1. The molecule has 0 aliphatic rings. The number of rotatable bonds is 8. The van der Waals surface area contributed by atoms with E-state index in [2.05, 4.69) is 5.32 Å². The summed E-state index contributed by atoms with van der Waals surface area (Å²) in [6, 6.07) is 4.22. The van der Waals surface area contributed by atoms with Crippen LogP contribution >= 0.6 is 0 Å². The minimum absolute atomic E-state index is 0.0519. The quantitative estimate of drug-likeness (QED) is 0.249. The number of carbonyl (C=O) groups excluding carboxylic acids is 1. The molecule has 0 saturated heterocycles. The zero-order chi connectivity index (χ0) is 18.1. The second kappa shape index (κ2) is 9.12. The van der Waals surface area contributed by atoms with Gasteiger partial charge in [-0.15, -0.1) is 0 Å². The van der Waals surface area contributed by atoms with E-state index in [1.807, 2.05) is 0 Å². The number of amides is 1. The van der Waals surface area contributed by atoms with Crippen LogP contribution < -0.4 is 14.8 Å². The van der Waals surface area contributed by atoms with Crippen molar-refractivity contribution in [2.45, 2.75) is 0 Å². The van der Waals surface area contributed by atoms with Crippen molar-refractivity contribution in [3.05, 3.63) is 33.4 Å². The fraction of sp³-hybridized carbons (Fsp3) is 0.333. The normalized spacial score (nSPS) is 10.7. The molecule has 9 heteroatoms. The molecule has 0 fully saturated rings. The van der Waals surface area contributed by atoms with E-state index in [1.165, 1.54) is 33.5 Å². The summed E-state index contributed by atoms with van der Waals surface area (Å²) in [5.41, 5.74) is -0.539. The van der Waals surface area contributed by atoms with Gasteiger partial charge in [-0.1, -0.05) is 0 Å². The lowest BCUT2D eigenvalue weighted by molar-refractivity contribution is -0.385. The molecule has 0 spiro atoms. The molecular formula is C15H17N3O6. The summed E-state index contributed by atoms with van der Waals surface area (Å²) in [4.78, 5) is 22.5. The molecular weight excluding hydrogens is 318 g/mol. The Bertz CT molecular complexity index is 693. The molecule has 0 unspecified atom stereocenters. The van der Waals surface area contributed by atoms with Crippen molar-refractivity contribution in [1.29, 1.82) is 5.26 Å². The van der Waals surface area contributed by atoms with Gasteiger partial charge in [-0.3, -0.25) is 14.9 Å². The van der Waals surface area contributed by atoms with Gasteiger partial charge in [-0.2, -0.15) is 5.26 Å². The summed E-state index contributed by atoms with van der Waals surface area (Å²) in [6.45, 7) is 0.489. The highest BCUT2D eigenvalue weighted by Crippen LogP contribution is 2.35. The maximum Gasteiger partial charge on any atom is 0.280 e. The number of nitro benzene ring substituents is 1. The van der Waals surface area contributed by atoms with E-state index in [9.17, 15) is 14.9 Å². The predicted molar refractivity (Wildman–Crippen MR) is 84.7 cm³/mol. The molecule has 128 valence electrons. The molecule has 0 bridgehead atoms. The van der Waals surface area contributed by atoms with Gasteiger partial charge in [0.15, 0.2) is 11.5 Å². The molecule has 24 heavy (non-hydrogen) atoms. The van der Waals surface area contributed by atoms with Crippen molar-refractivity contribution in [2.75, 3.05) is 34.5 Å². The average molecular weight is 335 g/mol. The largest absolute Gasteiger partial charge is 0.493 e. The number of methoxy groups -OCH3 is 3. The first-order valence-corrected chi connectivity index (χ1v) is 6.77. The average Bonchev–Trinajstić information content (AvgIpc) is 2.58. The molecule has 9 nitrogen and oxygen atoms in total. The van der Waals surface area contributed by atoms with E-state index in [0.29, 0.717) is 0 Å². The lowest BCUT2D eigenvalue weighted by Gasteiger charge is -2.09. The smallest absolute Gasteiger partial charge is 0.280 e. The molecule has 1 aromatic rings. The number of nitrogens with one attached hydrogen (secondary N) is 1. The minimum atomic E-state index is -0.654. The third kappa shape index (κ3) is 4.69. The van der Waals surface area contributed by atoms with E-state index in [4.69, 9.17) is 19.5 Å². The molecule has 0 aliphatic carbocycles. The van der Waals surface area contributed by atoms with Crippen LogP contribution in [-0.4, -0.2) is 45.3 Å². The molecule has 0 radical (unpaired) electrons. The molecule has 0 atom stereocenters. The number of nitrogens with zero attached hydrogens (tertiary/aromatic N) is 2. The van der Waals surface area contributed by atoms with Crippen LogP contribution in [0.1, 0.15) is 5.56 Å². The molecule has 0 saturated carbocycles. The number of nitro groups is 1. The monoisotopic (exact) mass is 335 g/mol. The van der Waals surface area contributed by atoms with Gasteiger partial charge in [0, 0.05) is 13.7 Å². The fourth-order valence-corrected chi connectivity index (χ4v) is 1.82. The van der Waals surface area contributed by atoms with E-state index in [0.717, 1.165) is 6.08 Å². The number of hydrogen-bond donors (Lipinski definition) is 1. The van der Waals surface area contributed by atoms with Crippen LogP contribution in [0.25, 0.3) is 6.08 Å². The third-order valence-corrected chi connectivity index (χ3v) is 2.99. The van der Waals surface area contributed by atoms with Crippen LogP contribution in [0.2, 0.25) is 0 Å². The van der Waals surface area contributed by atoms with Crippen LogP contribution in [-0.2, 0) is 9.53 Å². The second-order valence-electron chi connectivity index (χ2n) is 4.44. The number of ether oxygens (including phenoxy) is 3. The van der Waals surface area contributed by atoms with Crippen LogP contribution in [0.3, 0.4) is 0 Å². The Morgan fingerprint density at radius 1 is 1.33 bits per heavy atom. The van der Waals surface area contributed by atoms with Gasteiger partial charge in [0.1, 0.15) is 11.6 Å². The standard InChI is InChI=1S/C15H17N3O6/c1-22-5-4-17-15(19)11(9-16)6-10-7-13(23-2)14(24-3)8-12(10)18(20)21/h6-8H,4-5H2,1-3H3,(H,17,19)/b11-6+. The highest BCUT2D eigenvalue weighted by atomic mass is 16.6. The Kier molecular flexibility index (Phi) is 7.19. The topological polar surface area (TPSA) is 124 Å². The molecule has 1 amide bonds. The fourth-order valence-electron chi connectivity index (χ4n) is 1.82. The summed E-state index contributed by atoms with van der Waals surface area (Å²) in [5.74, 6) is -0.241. The summed E-state index contributed by atoms with van der Waals surface area (Å²) in [7, 11) is 4.20. The molecule has 0 heterocycles. The zero-order valence-corrected chi connectivity index (χ0v) is 13.5. The van der Waals surface area contributed by atoms with Crippen LogP contribution in [0.4, 0.5) is 5.69 Å². The molecule has 1 N–H and O–H groups in total. The van der Waals surface area contributed by atoms with E-state index >= 15 is 0 Å². The van der Waals surface area contributed by atoms with Gasteiger partial charge in [-0.25, -0.2) is 0 Å². The van der Waals surface area contributed by atoms with Gasteiger partial charge in [0.05, 0.1) is 37.4 Å². The lowest BCUT2D eigenvalue weighted by Crippen LogP contribution is -2.27. The maximum absolute atomic E-state index is 11.9. The molecule has 1 rings (SSSR count). The zero-order valence-electron chi connectivity index (χ0n) is 13.5. The summed E-state index contributed by atoms with van der Waals surface area (Å²) >= 11 is 0. The highest BCUT2D eigenvalue weighted by Gasteiger charge is 2.20. The first-order valence-electron chi connectivity index (χ1n) is 6.77.